The van der Waals surface area contributed by atoms with Gasteiger partial charge in [-0.25, -0.2) is 0 Å². The van der Waals surface area contributed by atoms with Gasteiger partial charge in [-0.15, -0.1) is 5.73 Å². The number of unbranched alkanes of at least 4 members (excludes halogenated alkanes) is 3. The second-order valence-electron chi connectivity index (χ2n) is 6.01. The van der Waals surface area contributed by atoms with Crippen LogP contribution in [0.1, 0.15) is 64.7 Å². The summed E-state index contributed by atoms with van der Waals surface area (Å²) in [6, 6.07) is 0.801. The minimum absolute atomic E-state index is 0.323. The van der Waals surface area contributed by atoms with Gasteiger partial charge in [0.25, 0.3) is 0 Å². The summed E-state index contributed by atoms with van der Waals surface area (Å²) in [4.78, 5) is 14.6. The summed E-state index contributed by atoms with van der Waals surface area (Å²) < 4.78 is 0. The molecule has 0 aromatic heterocycles. The first-order valence-corrected chi connectivity index (χ1v) is 7.92. The van der Waals surface area contributed by atoms with E-state index in [2.05, 4.69) is 24.1 Å². The van der Waals surface area contributed by atoms with E-state index in [0.29, 0.717) is 24.3 Å². The number of carbonyl (C=O) groups is 1. The molecule has 2 heteroatoms. The Morgan fingerprint density at radius 2 is 2.16 bits per heavy atom. The predicted octanol–water partition coefficient (Wildman–Crippen LogP) is 3.86. The molecule has 2 nitrogen and oxygen atoms in total. The number of ketones is 1. The van der Waals surface area contributed by atoms with Crippen molar-refractivity contribution < 1.29 is 4.79 Å². The Balaban J connectivity index is 1.98. The molecule has 2 saturated heterocycles. The van der Waals surface area contributed by atoms with Gasteiger partial charge in [-0.3, -0.25) is 9.69 Å². The van der Waals surface area contributed by atoms with Gasteiger partial charge in [0.2, 0.25) is 0 Å². The molecule has 106 valence electrons. The van der Waals surface area contributed by atoms with Crippen LogP contribution in [0.3, 0.4) is 0 Å². The molecule has 0 bridgehead atoms. The van der Waals surface area contributed by atoms with Crippen LogP contribution in [-0.2, 0) is 4.79 Å². The summed E-state index contributed by atoms with van der Waals surface area (Å²) in [7, 11) is 0. The topological polar surface area (TPSA) is 20.3 Å². The van der Waals surface area contributed by atoms with E-state index >= 15 is 0 Å². The van der Waals surface area contributed by atoms with Crippen LogP contribution in [0.2, 0.25) is 0 Å². The van der Waals surface area contributed by atoms with Gasteiger partial charge in [0.05, 0.1) is 0 Å². The van der Waals surface area contributed by atoms with Gasteiger partial charge < -0.3 is 0 Å². The SMILES string of the molecule is C=C=C1CCCN2[C@@H](CCCCCC)CC(=O)C[C@H]12. The van der Waals surface area contributed by atoms with Crippen LogP contribution in [0.5, 0.6) is 0 Å². The maximum atomic E-state index is 12.0. The third-order valence-corrected chi connectivity index (χ3v) is 4.64. The number of rotatable bonds is 5. The van der Waals surface area contributed by atoms with E-state index in [-0.39, 0.29) is 0 Å². The number of carbonyl (C=O) groups excluding carboxylic acids is 1. The third-order valence-electron chi connectivity index (χ3n) is 4.64. The minimum Gasteiger partial charge on any atom is -0.300 e. The Morgan fingerprint density at radius 1 is 1.32 bits per heavy atom. The molecule has 2 fully saturated rings. The molecule has 0 saturated carbocycles. The number of fused-ring (bicyclic) bond motifs is 1. The van der Waals surface area contributed by atoms with E-state index in [1.54, 1.807) is 0 Å². The molecule has 2 atom stereocenters. The molecular formula is C17H27NO. The first-order chi connectivity index (χ1) is 9.26. The van der Waals surface area contributed by atoms with E-state index in [1.165, 1.54) is 44.1 Å². The van der Waals surface area contributed by atoms with Crippen molar-refractivity contribution in [2.45, 2.75) is 76.8 Å². The van der Waals surface area contributed by atoms with Crippen LogP contribution in [0, 0.1) is 0 Å². The predicted molar refractivity (Wildman–Crippen MR) is 79.2 cm³/mol. The molecule has 0 unspecified atom stereocenters. The largest absolute Gasteiger partial charge is 0.300 e. The van der Waals surface area contributed by atoms with Crippen LogP contribution in [0.25, 0.3) is 0 Å². The van der Waals surface area contributed by atoms with Crippen molar-refractivity contribution in [3.63, 3.8) is 0 Å². The summed E-state index contributed by atoms with van der Waals surface area (Å²) in [6.07, 6.45) is 10.1. The molecule has 2 heterocycles. The Morgan fingerprint density at radius 3 is 2.89 bits per heavy atom. The summed E-state index contributed by atoms with van der Waals surface area (Å²) in [5, 5.41) is 0. The van der Waals surface area contributed by atoms with Crippen molar-refractivity contribution in [1.29, 1.82) is 0 Å². The molecule has 0 spiro atoms. The van der Waals surface area contributed by atoms with Crippen molar-refractivity contribution in [3.8, 4) is 0 Å². The molecule has 2 rings (SSSR count). The van der Waals surface area contributed by atoms with Crippen LogP contribution >= 0.6 is 0 Å². The molecule has 0 N–H and O–H groups in total. The zero-order valence-corrected chi connectivity index (χ0v) is 12.3. The van der Waals surface area contributed by atoms with Gasteiger partial charge in [-0.2, -0.15) is 0 Å². The number of piperidine rings is 2. The fourth-order valence-corrected chi connectivity index (χ4v) is 3.61. The average molecular weight is 261 g/mol. The molecule has 0 amide bonds. The second-order valence-corrected chi connectivity index (χ2v) is 6.01. The number of Topliss-reactive ketones (excluding diaryl/α,β-unsaturated/α-hetero) is 1. The highest BCUT2D eigenvalue weighted by Gasteiger charge is 2.37. The van der Waals surface area contributed by atoms with Crippen molar-refractivity contribution in [2.75, 3.05) is 6.54 Å². The highest BCUT2D eigenvalue weighted by atomic mass is 16.1. The highest BCUT2D eigenvalue weighted by molar-refractivity contribution is 5.81. The van der Waals surface area contributed by atoms with Crippen LogP contribution in [0.15, 0.2) is 17.9 Å². The van der Waals surface area contributed by atoms with Crippen molar-refractivity contribution >= 4 is 5.78 Å². The summed E-state index contributed by atoms with van der Waals surface area (Å²) in [6.45, 7) is 7.21. The second kappa shape index (κ2) is 7.07. The van der Waals surface area contributed by atoms with Gasteiger partial charge in [0.15, 0.2) is 0 Å². The smallest absolute Gasteiger partial charge is 0.136 e. The summed E-state index contributed by atoms with van der Waals surface area (Å²) >= 11 is 0. The zero-order chi connectivity index (χ0) is 13.7. The molecule has 0 aliphatic carbocycles. The van der Waals surface area contributed by atoms with Gasteiger partial charge in [-0.1, -0.05) is 39.2 Å². The highest BCUT2D eigenvalue weighted by Crippen LogP contribution is 2.33. The number of nitrogens with zero attached hydrogens (tertiary/aromatic N) is 1. The zero-order valence-electron chi connectivity index (χ0n) is 12.3. The van der Waals surface area contributed by atoms with Gasteiger partial charge >= 0.3 is 0 Å². The fraction of sp³-hybridized carbons (Fsp3) is 0.765. The molecule has 2 aliphatic rings. The third kappa shape index (κ3) is 3.58. The normalized spacial score (nSPS) is 28.1. The van der Waals surface area contributed by atoms with Crippen LogP contribution in [-0.4, -0.2) is 29.3 Å². The first kappa shape index (κ1) is 14.6. The Hall–Kier alpha value is -0.850. The van der Waals surface area contributed by atoms with Gasteiger partial charge in [0.1, 0.15) is 5.78 Å². The van der Waals surface area contributed by atoms with Gasteiger partial charge in [0, 0.05) is 24.9 Å². The maximum absolute atomic E-state index is 12.0. The quantitative estimate of drug-likeness (QED) is 0.553. The number of hydrogen-bond acceptors (Lipinski definition) is 2. The van der Waals surface area contributed by atoms with Crippen LogP contribution in [0.4, 0.5) is 0 Å². The van der Waals surface area contributed by atoms with E-state index in [9.17, 15) is 4.79 Å². The standard InChI is InChI=1S/C17H27NO/c1-3-5-6-7-10-15-12-16(19)13-17-14(4-2)9-8-11-18(15)17/h15,17H,2-3,5-13H2,1H3/t15-,17+/m0/s1. The van der Waals surface area contributed by atoms with E-state index in [4.69, 9.17) is 0 Å². The van der Waals surface area contributed by atoms with E-state index < -0.39 is 0 Å². The molecule has 0 radical (unpaired) electrons. The lowest BCUT2D eigenvalue weighted by Gasteiger charge is -2.45. The molecule has 0 aromatic rings. The van der Waals surface area contributed by atoms with Crippen LogP contribution < -0.4 is 0 Å². The first-order valence-electron chi connectivity index (χ1n) is 7.92. The Bertz CT molecular complexity index is 367. The van der Waals surface area contributed by atoms with Crippen molar-refractivity contribution in [1.82, 2.24) is 4.90 Å². The maximum Gasteiger partial charge on any atom is 0.136 e. The van der Waals surface area contributed by atoms with E-state index in [1.807, 2.05) is 0 Å². The lowest BCUT2D eigenvalue weighted by molar-refractivity contribution is -0.125. The summed E-state index contributed by atoms with van der Waals surface area (Å²) in [5.41, 5.74) is 4.37. The lowest BCUT2D eigenvalue weighted by Crippen LogP contribution is -2.52. The molecule has 19 heavy (non-hydrogen) atoms. The minimum atomic E-state index is 0.323. The number of hydrogen-bond donors (Lipinski definition) is 0. The summed E-state index contributed by atoms with van der Waals surface area (Å²) in [5.74, 6) is 0.441. The molecule has 0 aromatic carbocycles. The average Bonchev–Trinajstić information content (AvgIpc) is 2.42. The Kier molecular flexibility index (Phi) is 5.42. The van der Waals surface area contributed by atoms with Crippen molar-refractivity contribution in [2.24, 2.45) is 0 Å². The van der Waals surface area contributed by atoms with E-state index in [0.717, 1.165) is 19.4 Å². The lowest BCUT2D eigenvalue weighted by atomic mass is 9.83. The molecular weight excluding hydrogens is 234 g/mol. The Labute approximate surface area is 117 Å². The fourth-order valence-electron chi connectivity index (χ4n) is 3.61. The monoisotopic (exact) mass is 261 g/mol. The van der Waals surface area contributed by atoms with Crippen molar-refractivity contribution in [3.05, 3.63) is 17.9 Å². The molecule has 2 aliphatic heterocycles. The van der Waals surface area contributed by atoms with Gasteiger partial charge in [-0.05, 0) is 31.4 Å².